The van der Waals surface area contributed by atoms with Gasteiger partial charge in [0.1, 0.15) is 0 Å². The number of hydrogen-bond donors (Lipinski definition) is 1. The number of sulfonamides is 1. The largest absolute Gasteiger partial charge is 0.610 e. The van der Waals surface area contributed by atoms with E-state index in [1.165, 1.54) is 5.56 Å². The normalized spacial score (nSPS) is 20.5. The summed E-state index contributed by atoms with van der Waals surface area (Å²) < 4.78 is 35.0. The molecule has 1 unspecified atom stereocenters. The van der Waals surface area contributed by atoms with Gasteiger partial charge in [-0.1, -0.05) is 6.07 Å². The Labute approximate surface area is 169 Å². The second-order valence-corrected chi connectivity index (χ2v) is 10.2. The number of hydrogen-bond acceptors (Lipinski definition) is 6. The van der Waals surface area contributed by atoms with E-state index in [9.17, 15) is 13.0 Å². The Morgan fingerprint density at radius 1 is 1.07 bits per heavy atom. The number of nitrogens with zero attached hydrogens (tertiary/aromatic N) is 3. The molecule has 1 fully saturated rings. The summed E-state index contributed by atoms with van der Waals surface area (Å²) in [7, 11) is -1.69. The summed E-state index contributed by atoms with van der Waals surface area (Å²) in [4.78, 5) is 7.74. The molecule has 2 aromatic carbocycles. The highest BCUT2D eigenvalue weighted by atomic mass is 32.2. The van der Waals surface area contributed by atoms with E-state index in [1.807, 2.05) is 24.1 Å². The highest BCUT2D eigenvalue weighted by Gasteiger charge is 2.29. The Balaban J connectivity index is 1.37. The lowest BCUT2D eigenvalue weighted by molar-refractivity contribution is 0.249. The fraction of sp³-hybridized carbons (Fsp3) is 0.368. The maximum absolute atomic E-state index is 12.2. The zero-order valence-electron chi connectivity index (χ0n) is 15.7. The van der Waals surface area contributed by atoms with Gasteiger partial charge in [0.15, 0.2) is 10.8 Å². The zero-order chi connectivity index (χ0) is 19.9. The van der Waals surface area contributed by atoms with Crippen LogP contribution in [0.4, 0.5) is 11.4 Å². The molecule has 2 aliphatic heterocycles. The molecule has 0 radical (unpaired) electrons. The molecular formula is C19H24N4O3S2. The number of benzene rings is 2. The first kappa shape index (κ1) is 19.5. The molecule has 7 nitrogen and oxygen atoms in total. The Morgan fingerprint density at radius 2 is 1.75 bits per heavy atom. The highest BCUT2D eigenvalue weighted by molar-refractivity contribution is 7.92. The summed E-state index contributed by atoms with van der Waals surface area (Å²) in [5.74, 6) is 0.571. The van der Waals surface area contributed by atoms with E-state index >= 15 is 0 Å². The third-order valence-electron chi connectivity index (χ3n) is 5.30. The molecule has 1 saturated heterocycles. The lowest BCUT2D eigenvalue weighted by Crippen LogP contribution is -2.46. The molecule has 2 N–H and O–H groups in total. The van der Waals surface area contributed by atoms with Crippen molar-refractivity contribution in [3.63, 3.8) is 0 Å². The van der Waals surface area contributed by atoms with Crippen LogP contribution in [-0.2, 0) is 27.7 Å². The van der Waals surface area contributed by atoms with Gasteiger partial charge in [-0.25, -0.2) is 13.6 Å². The summed E-state index contributed by atoms with van der Waals surface area (Å²) >= 11 is -0.936. The standard InChI is InChI=1S/C19H24N4O3S2/c1-21-14-27(24)19-12-15(2-7-18(19)21)13-22-8-10-23(11-9-22)16-3-5-17(6-4-16)28(20,25)26/h2-7,12H,8-11,13-14H2,1H3,(H2,20,25,26). The van der Waals surface area contributed by atoms with Crippen LogP contribution in [0.15, 0.2) is 52.3 Å². The molecule has 1 atom stereocenters. The van der Waals surface area contributed by atoms with Crippen molar-refractivity contribution in [2.75, 3.05) is 48.9 Å². The van der Waals surface area contributed by atoms with Crippen molar-refractivity contribution < 1.29 is 13.0 Å². The van der Waals surface area contributed by atoms with Crippen LogP contribution in [0.3, 0.4) is 0 Å². The van der Waals surface area contributed by atoms with Crippen molar-refractivity contribution in [3.05, 3.63) is 48.0 Å². The van der Waals surface area contributed by atoms with E-state index in [4.69, 9.17) is 5.14 Å². The summed E-state index contributed by atoms with van der Waals surface area (Å²) in [6, 6.07) is 13.0. The molecule has 150 valence electrons. The minimum atomic E-state index is -3.66. The predicted molar refractivity (Wildman–Crippen MR) is 111 cm³/mol. The number of fused-ring (bicyclic) bond motifs is 1. The van der Waals surface area contributed by atoms with Crippen LogP contribution in [0, 0.1) is 0 Å². The molecule has 28 heavy (non-hydrogen) atoms. The van der Waals surface area contributed by atoms with Gasteiger partial charge >= 0.3 is 0 Å². The molecule has 0 aromatic heterocycles. The van der Waals surface area contributed by atoms with Crippen molar-refractivity contribution in [2.45, 2.75) is 16.3 Å². The van der Waals surface area contributed by atoms with Crippen molar-refractivity contribution in [1.29, 1.82) is 0 Å². The molecule has 0 saturated carbocycles. The number of anilines is 2. The SMILES string of the molecule is CN1C[S+]([O-])c2cc(CN3CCN(c4ccc(S(N)(=O)=O)cc4)CC3)ccc21. The van der Waals surface area contributed by atoms with Crippen molar-refractivity contribution >= 4 is 32.6 Å². The van der Waals surface area contributed by atoms with E-state index in [-0.39, 0.29) is 4.90 Å². The Kier molecular flexibility index (Phi) is 5.28. The summed E-state index contributed by atoms with van der Waals surface area (Å²) in [6.45, 7) is 4.41. The van der Waals surface area contributed by atoms with E-state index in [2.05, 4.69) is 28.0 Å². The second-order valence-electron chi connectivity index (χ2n) is 7.28. The van der Waals surface area contributed by atoms with E-state index in [0.717, 1.165) is 49.0 Å². The fourth-order valence-electron chi connectivity index (χ4n) is 3.74. The summed E-state index contributed by atoms with van der Waals surface area (Å²) in [5, 5.41) is 5.16. The average Bonchev–Trinajstić information content (AvgIpc) is 2.95. The van der Waals surface area contributed by atoms with Gasteiger partial charge in [0.2, 0.25) is 10.0 Å². The third kappa shape index (κ3) is 3.99. The Morgan fingerprint density at radius 3 is 2.39 bits per heavy atom. The third-order valence-corrected chi connectivity index (χ3v) is 7.67. The number of nitrogens with two attached hydrogens (primary N) is 1. The van der Waals surface area contributed by atoms with Crippen molar-refractivity contribution in [2.24, 2.45) is 5.14 Å². The lowest BCUT2D eigenvalue weighted by atomic mass is 10.1. The van der Waals surface area contributed by atoms with Gasteiger partial charge < -0.3 is 14.4 Å². The molecule has 9 heteroatoms. The summed E-state index contributed by atoms with van der Waals surface area (Å²) in [5.41, 5.74) is 3.26. The van der Waals surface area contributed by atoms with Gasteiger partial charge in [0, 0.05) is 56.6 Å². The molecule has 0 amide bonds. The van der Waals surface area contributed by atoms with Gasteiger partial charge in [0.25, 0.3) is 0 Å². The molecule has 2 heterocycles. The van der Waals surface area contributed by atoms with E-state index in [1.54, 1.807) is 12.1 Å². The Bertz CT molecular complexity index is 958. The van der Waals surface area contributed by atoms with Gasteiger partial charge in [-0.05, 0) is 42.0 Å². The summed E-state index contributed by atoms with van der Waals surface area (Å²) in [6.07, 6.45) is 0. The minimum absolute atomic E-state index is 0.134. The van der Waals surface area contributed by atoms with Crippen LogP contribution >= 0.6 is 0 Å². The minimum Gasteiger partial charge on any atom is -0.610 e. The van der Waals surface area contributed by atoms with Crippen LogP contribution < -0.4 is 14.9 Å². The van der Waals surface area contributed by atoms with Crippen LogP contribution in [0.2, 0.25) is 0 Å². The van der Waals surface area contributed by atoms with Crippen LogP contribution in [0.25, 0.3) is 0 Å². The second kappa shape index (κ2) is 7.57. The molecule has 2 aliphatic rings. The van der Waals surface area contributed by atoms with Gasteiger partial charge in [0.05, 0.1) is 10.6 Å². The van der Waals surface area contributed by atoms with Crippen LogP contribution in [0.5, 0.6) is 0 Å². The number of rotatable bonds is 4. The molecule has 2 aromatic rings. The van der Waals surface area contributed by atoms with Gasteiger partial charge in [-0.3, -0.25) is 4.90 Å². The number of primary sulfonamides is 1. The molecule has 0 aliphatic carbocycles. The Hall–Kier alpha value is -1.78. The van der Waals surface area contributed by atoms with Crippen LogP contribution in [0.1, 0.15) is 5.56 Å². The topological polar surface area (TPSA) is 92.9 Å². The predicted octanol–water partition coefficient (Wildman–Crippen LogP) is 1.17. The zero-order valence-corrected chi connectivity index (χ0v) is 17.4. The molecule has 0 bridgehead atoms. The lowest BCUT2D eigenvalue weighted by Gasteiger charge is -2.36. The fourth-order valence-corrected chi connectivity index (χ4v) is 5.62. The quantitative estimate of drug-likeness (QED) is 0.747. The first-order valence-corrected chi connectivity index (χ1v) is 12.0. The van der Waals surface area contributed by atoms with E-state index in [0.29, 0.717) is 5.88 Å². The first-order chi connectivity index (χ1) is 13.3. The maximum atomic E-state index is 12.2. The maximum Gasteiger partial charge on any atom is 0.238 e. The van der Waals surface area contributed by atoms with Crippen molar-refractivity contribution in [1.82, 2.24) is 4.90 Å². The average molecular weight is 421 g/mol. The number of piperazine rings is 1. The molecule has 4 rings (SSSR count). The highest BCUT2D eigenvalue weighted by Crippen LogP contribution is 2.33. The smallest absolute Gasteiger partial charge is 0.238 e. The molecule has 0 spiro atoms. The monoisotopic (exact) mass is 420 g/mol. The molecular weight excluding hydrogens is 396 g/mol. The van der Waals surface area contributed by atoms with Gasteiger partial charge in [-0.2, -0.15) is 0 Å². The van der Waals surface area contributed by atoms with Crippen LogP contribution in [-0.4, -0.2) is 57.0 Å². The first-order valence-electron chi connectivity index (χ1n) is 9.14. The van der Waals surface area contributed by atoms with E-state index < -0.39 is 21.2 Å². The van der Waals surface area contributed by atoms with Gasteiger partial charge in [-0.15, -0.1) is 0 Å². The van der Waals surface area contributed by atoms with Crippen molar-refractivity contribution in [3.8, 4) is 0 Å².